The van der Waals surface area contributed by atoms with Crippen LogP contribution in [0.15, 0.2) is 18.2 Å². The molecule has 1 aromatic rings. The highest BCUT2D eigenvalue weighted by Crippen LogP contribution is 2.27. The quantitative estimate of drug-likeness (QED) is 0.833. The average molecular weight is 310 g/mol. The van der Waals surface area contributed by atoms with Crippen molar-refractivity contribution in [3.63, 3.8) is 0 Å². The van der Waals surface area contributed by atoms with Gasteiger partial charge in [0.15, 0.2) is 0 Å². The second-order valence-corrected chi connectivity index (χ2v) is 5.96. The highest BCUT2D eigenvalue weighted by Gasteiger charge is 2.33. The number of carbonyl (C=O) groups excluding carboxylic acids is 1. The number of aliphatic hydroxyl groups is 1. The minimum atomic E-state index is -0.920. The average Bonchev–Trinajstić information content (AvgIpc) is 2.47. The highest BCUT2D eigenvalue weighted by atomic mass is 19.1. The lowest BCUT2D eigenvalue weighted by atomic mass is 9.88. The minimum absolute atomic E-state index is 0.168. The van der Waals surface area contributed by atoms with Crippen LogP contribution in [0.4, 0.5) is 4.39 Å². The van der Waals surface area contributed by atoms with Crippen molar-refractivity contribution in [1.82, 2.24) is 4.90 Å². The lowest BCUT2D eigenvalue weighted by Gasteiger charge is -2.39. The number of carbonyl (C=O) groups is 1. The first-order valence-corrected chi connectivity index (χ1v) is 7.47. The van der Waals surface area contributed by atoms with Gasteiger partial charge in [-0.2, -0.15) is 0 Å². The van der Waals surface area contributed by atoms with E-state index < -0.39 is 11.5 Å². The van der Waals surface area contributed by atoms with Crippen molar-refractivity contribution in [3.05, 3.63) is 29.6 Å². The van der Waals surface area contributed by atoms with E-state index in [2.05, 4.69) is 0 Å². The Morgan fingerprint density at radius 2 is 2.32 bits per heavy atom. The monoisotopic (exact) mass is 310 g/mol. The summed E-state index contributed by atoms with van der Waals surface area (Å²) in [6.07, 6.45) is 1.97. The molecule has 6 heteroatoms. The Labute approximate surface area is 129 Å². The third-order valence-corrected chi connectivity index (χ3v) is 4.13. The molecule has 1 aromatic carbocycles. The molecule has 1 saturated heterocycles. The number of piperidine rings is 1. The van der Waals surface area contributed by atoms with Gasteiger partial charge in [0.2, 0.25) is 5.91 Å². The number of nitrogens with zero attached hydrogens (tertiary/aromatic N) is 1. The number of amides is 1. The molecule has 2 rings (SSSR count). The molecule has 3 N–H and O–H groups in total. The van der Waals surface area contributed by atoms with Crippen LogP contribution < -0.4 is 10.5 Å². The number of benzene rings is 1. The summed E-state index contributed by atoms with van der Waals surface area (Å²) in [5.74, 6) is -0.241. The fourth-order valence-electron chi connectivity index (χ4n) is 2.93. The molecule has 0 aliphatic carbocycles. The number of likely N-dealkylation sites (tertiary alicyclic amines) is 1. The van der Waals surface area contributed by atoms with Crippen LogP contribution in [0.5, 0.6) is 5.75 Å². The summed E-state index contributed by atoms with van der Waals surface area (Å²) < 4.78 is 19.0. The number of nitrogens with two attached hydrogens (primary N) is 1. The van der Waals surface area contributed by atoms with Crippen LogP contribution in [-0.2, 0) is 11.3 Å². The van der Waals surface area contributed by atoms with Gasteiger partial charge >= 0.3 is 0 Å². The van der Waals surface area contributed by atoms with Gasteiger partial charge in [0.25, 0.3) is 0 Å². The second-order valence-electron chi connectivity index (χ2n) is 5.96. The standard InChI is InChI=1S/C16H23FN2O3/c1-22-13-4-3-12(14(17)9-13)10-19-8-2-6-16(21,11-19)7-5-15(18)20/h3-4,9,21H,2,5-8,10-11H2,1H3,(H2,18,20)/t16-/m0/s1. The third-order valence-electron chi connectivity index (χ3n) is 4.13. The van der Waals surface area contributed by atoms with Crippen LogP contribution in [0.2, 0.25) is 0 Å². The fraction of sp³-hybridized carbons (Fsp3) is 0.562. The van der Waals surface area contributed by atoms with Crippen molar-refractivity contribution < 1.29 is 19.0 Å². The topological polar surface area (TPSA) is 75.8 Å². The van der Waals surface area contributed by atoms with Crippen molar-refractivity contribution in [3.8, 4) is 5.75 Å². The van der Waals surface area contributed by atoms with Gasteiger partial charge in [0.1, 0.15) is 11.6 Å². The fourth-order valence-corrected chi connectivity index (χ4v) is 2.93. The van der Waals surface area contributed by atoms with E-state index in [4.69, 9.17) is 10.5 Å². The molecule has 0 bridgehead atoms. The van der Waals surface area contributed by atoms with E-state index in [1.807, 2.05) is 4.90 Å². The molecule has 0 radical (unpaired) electrons. The molecule has 0 spiro atoms. The number of hydrogen-bond donors (Lipinski definition) is 2. The maximum absolute atomic E-state index is 14.0. The lowest BCUT2D eigenvalue weighted by Crippen LogP contribution is -2.48. The number of methoxy groups -OCH3 is 1. The van der Waals surface area contributed by atoms with Gasteiger partial charge in [-0.1, -0.05) is 6.07 Å². The summed E-state index contributed by atoms with van der Waals surface area (Å²) in [6, 6.07) is 4.78. The molecule has 1 aliphatic rings. The van der Waals surface area contributed by atoms with Crippen LogP contribution in [0.25, 0.3) is 0 Å². The molecule has 0 aromatic heterocycles. The largest absolute Gasteiger partial charge is 0.497 e. The Morgan fingerprint density at radius 1 is 1.55 bits per heavy atom. The number of ether oxygens (including phenoxy) is 1. The zero-order valence-corrected chi connectivity index (χ0v) is 12.8. The molecular weight excluding hydrogens is 287 g/mol. The number of halogens is 1. The van der Waals surface area contributed by atoms with Gasteiger partial charge in [-0.15, -0.1) is 0 Å². The Bertz CT molecular complexity index is 538. The maximum Gasteiger partial charge on any atom is 0.217 e. The Balaban J connectivity index is 1.99. The van der Waals surface area contributed by atoms with Crippen molar-refractivity contribution in [2.24, 2.45) is 5.73 Å². The number of primary amides is 1. The Kier molecular flexibility index (Phi) is 5.37. The molecule has 1 heterocycles. The first-order valence-electron chi connectivity index (χ1n) is 7.47. The van der Waals surface area contributed by atoms with E-state index in [9.17, 15) is 14.3 Å². The number of β-amino-alcohol motifs (C(OH)–C–C–N with tert-alkyl or cyclic N) is 1. The predicted molar refractivity (Wildman–Crippen MR) is 80.8 cm³/mol. The van der Waals surface area contributed by atoms with Crippen molar-refractivity contribution >= 4 is 5.91 Å². The van der Waals surface area contributed by atoms with Crippen LogP contribution in [0.1, 0.15) is 31.2 Å². The number of hydrogen-bond acceptors (Lipinski definition) is 4. The van der Waals surface area contributed by atoms with Crippen LogP contribution in [0.3, 0.4) is 0 Å². The molecule has 5 nitrogen and oxygen atoms in total. The van der Waals surface area contributed by atoms with E-state index in [0.29, 0.717) is 37.2 Å². The SMILES string of the molecule is COc1ccc(CN2CCC[C@](O)(CCC(N)=O)C2)c(F)c1. The predicted octanol–water partition coefficient (Wildman–Crippen LogP) is 1.43. The zero-order valence-electron chi connectivity index (χ0n) is 12.8. The normalized spacial score (nSPS) is 22.5. The van der Waals surface area contributed by atoms with Gasteiger partial charge < -0.3 is 15.6 Å². The van der Waals surface area contributed by atoms with E-state index in [1.165, 1.54) is 13.2 Å². The summed E-state index contributed by atoms with van der Waals surface area (Å²) in [7, 11) is 1.50. The Hall–Kier alpha value is -1.66. The van der Waals surface area contributed by atoms with E-state index in [-0.39, 0.29) is 12.2 Å². The Morgan fingerprint density at radius 3 is 2.95 bits per heavy atom. The molecule has 122 valence electrons. The van der Waals surface area contributed by atoms with Crippen LogP contribution >= 0.6 is 0 Å². The van der Waals surface area contributed by atoms with Crippen molar-refractivity contribution in [2.45, 2.75) is 37.8 Å². The molecular formula is C16H23FN2O3. The first kappa shape index (κ1) is 16.7. The molecule has 0 saturated carbocycles. The zero-order chi connectivity index (χ0) is 16.2. The molecule has 1 aliphatic heterocycles. The summed E-state index contributed by atoms with van der Waals surface area (Å²) in [5.41, 5.74) is 4.80. The maximum atomic E-state index is 14.0. The van der Waals surface area contributed by atoms with Gasteiger partial charge in [-0.3, -0.25) is 9.69 Å². The summed E-state index contributed by atoms with van der Waals surface area (Å²) in [5, 5.41) is 10.6. The van der Waals surface area contributed by atoms with E-state index >= 15 is 0 Å². The van der Waals surface area contributed by atoms with E-state index in [0.717, 1.165) is 13.0 Å². The smallest absolute Gasteiger partial charge is 0.217 e. The van der Waals surface area contributed by atoms with Gasteiger partial charge in [-0.05, 0) is 31.9 Å². The van der Waals surface area contributed by atoms with Crippen molar-refractivity contribution in [2.75, 3.05) is 20.2 Å². The third kappa shape index (κ3) is 4.42. The molecule has 1 atom stereocenters. The van der Waals surface area contributed by atoms with Crippen LogP contribution in [-0.4, -0.2) is 41.7 Å². The number of rotatable bonds is 6. The summed E-state index contributed by atoms with van der Waals surface area (Å²) in [4.78, 5) is 12.9. The summed E-state index contributed by atoms with van der Waals surface area (Å²) in [6.45, 7) is 1.64. The minimum Gasteiger partial charge on any atom is -0.497 e. The first-order chi connectivity index (χ1) is 10.4. The second kappa shape index (κ2) is 7.07. The van der Waals surface area contributed by atoms with Gasteiger partial charge in [-0.25, -0.2) is 4.39 Å². The van der Waals surface area contributed by atoms with Gasteiger partial charge in [0.05, 0.1) is 12.7 Å². The molecule has 0 unspecified atom stereocenters. The summed E-state index contributed by atoms with van der Waals surface area (Å²) >= 11 is 0. The highest BCUT2D eigenvalue weighted by molar-refractivity contribution is 5.73. The molecule has 22 heavy (non-hydrogen) atoms. The molecule has 1 fully saturated rings. The van der Waals surface area contributed by atoms with Gasteiger partial charge in [0, 0.05) is 31.1 Å². The van der Waals surface area contributed by atoms with E-state index in [1.54, 1.807) is 12.1 Å². The van der Waals surface area contributed by atoms with Crippen molar-refractivity contribution in [1.29, 1.82) is 0 Å². The lowest BCUT2D eigenvalue weighted by molar-refractivity contribution is -0.120. The molecule has 1 amide bonds. The van der Waals surface area contributed by atoms with Crippen LogP contribution in [0, 0.1) is 5.82 Å².